The minimum absolute atomic E-state index is 0.170. The lowest BCUT2D eigenvalue weighted by Crippen LogP contribution is -2.14. The van der Waals surface area contributed by atoms with Crippen molar-refractivity contribution in [2.45, 2.75) is 4.90 Å². The van der Waals surface area contributed by atoms with Gasteiger partial charge in [-0.3, -0.25) is 9.59 Å². The Morgan fingerprint density at radius 2 is 1.44 bits per heavy atom. The van der Waals surface area contributed by atoms with Gasteiger partial charge in [0.15, 0.2) is 0 Å². The molecule has 3 rings (SSSR count). The Kier molecular flexibility index (Phi) is 7.99. The maximum absolute atomic E-state index is 12.5. The van der Waals surface area contributed by atoms with Gasteiger partial charge in [-0.2, -0.15) is 0 Å². The van der Waals surface area contributed by atoms with Crippen LogP contribution in [0.3, 0.4) is 0 Å². The summed E-state index contributed by atoms with van der Waals surface area (Å²) < 4.78 is 15.6. The van der Waals surface area contributed by atoms with Crippen LogP contribution in [0.1, 0.15) is 10.4 Å². The van der Waals surface area contributed by atoms with Gasteiger partial charge in [-0.05, 0) is 36.4 Å². The minimum Gasteiger partial charge on any atom is -0.497 e. The molecule has 0 bridgehead atoms. The van der Waals surface area contributed by atoms with E-state index < -0.39 is 0 Å². The Morgan fingerprint density at radius 3 is 2.12 bits per heavy atom. The molecule has 0 heterocycles. The first-order chi connectivity index (χ1) is 15.5. The van der Waals surface area contributed by atoms with E-state index in [9.17, 15) is 9.59 Å². The van der Waals surface area contributed by atoms with Crippen molar-refractivity contribution in [3.05, 3.63) is 72.3 Å². The number of nitrogens with one attached hydrogen (secondary N) is 2. The summed E-state index contributed by atoms with van der Waals surface area (Å²) in [6.45, 7) is 0. The van der Waals surface area contributed by atoms with Gasteiger partial charge in [0.05, 0.1) is 27.1 Å². The van der Waals surface area contributed by atoms with Gasteiger partial charge in [-0.1, -0.05) is 12.1 Å². The zero-order valence-corrected chi connectivity index (χ0v) is 18.8. The summed E-state index contributed by atoms with van der Waals surface area (Å²) in [5.41, 5.74) is 1.72. The Hall–Kier alpha value is -3.65. The summed E-state index contributed by atoms with van der Waals surface area (Å²) in [7, 11) is 4.66. The molecule has 2 amide bonds. The molecule has 0 atom stereocenters. The van der Waals surface area contributed by atoms with E-state index in [1.165, 1.54) is 11.8 Å². The molecule has 0 saturated heterocycles. The van der Waals surface area contributed by atoms with Crippen molar-refractivity contribution in [1.82, 2.24) is 0 Å². The van der Waals surface area contributed by atoms with E-state index >= 15 is 0 Å². The van der Waals surface area contributed by atoms with Crippen LogP contribution >= 0.6 is 11.8 Å². The number of ether oxygens (including phenoxy) is 3. The molecule has 0 aliphatic carbocycles. The molecule has 2 N–H and O–H groups in total. The number of thioether (sulfide) groups is 1. The minimum atomic E-state index is -0.240. The largest absolute Gasteiger partial charge is 0.497 e. The molecule has 0 radical (unpaired) electrons. The molecule has 0 unspecified atom stereocenters. The predicted octanol–water partition coefficient (Wildman–Crippen LogP) is 4.70. The highest BCUT2D eigenvalue weighted by Gasteiger charge is 2.10. The molecule has 0 aliphatic rings. The normalized spacial score (nSPS) is 10.2. The highest BCUT2D eigenvalue weighted by Crippen LogP contribution is 2.27. The van der Waals surface area contributed by atoms with Crippen LogP contribution in [-0.2, 0) is 4.79 Å². The standard InChI is InChI=1S/C24H24N2O5S/c1-29-19-8-4-6-16(10-19)24(28)26-17-7-5-9-22(13-17)32-15-23(27)25-18-11-20(30-2)14-21(12-18)31-3/h4-14H,15H2,1-3H3,(H,25,27)(H,26,28). The Balaban J connectivity index is 1.59. The van der Waals surface area contributed by atoms with Gasteiger partial charge in [0.25, 0.3) is 5.91 Å². The van der Waals surface area contributed by atoms with E-state index in [2.05, 4.69) is 10.6 Å². The lowest BCUT2D eigenvalue weighted by Gasteiger charge is -2.10. The van der Waals surface area contributed by atoms with Crippen LogP contribution in [0.15, 0.2) is 71.6 Å². The summed E-state index contributed by atoms with van der Waals surface area (Å²) >= 11 is 1.36. The smallest absolute Gasteiger partial charge is 0.255 e. The zero-order chi connectivity index (χ0) is 22.9. The van der Waals surface area contributed by atoms with Crippen molar-refractivity contribution in [3.8, 4) is 17.2 Å². The summed E-state index contributed by atoms with van der Waals surface area (Å²) in [5, 5.41) is 5.71. The van der Waals surface area contributed by atoms with Gasteiger partial charge in [0.2, 0.25) is 5.91 Å². The van der Waals surface area contributed by atoms with E-state index in [0.29, 0.717) is 34.2 Å². The molecule has 0 spiro atoms. The maximum atomic E-state index is 12.5. The molecule has 0 aliphatic heterocycles. The van der Waals surface area contributed by atoms with Crippen molar-refractivity contribution < 1.29 is 23.8 Å². The van der Waals surface area contributed by atoms with Crippen molar-refractivity contribution in [2.24, 2.45) is 0 Å². The molecule has 0 aromatic heterocycles. The quantitative estimate of drug-likeness (QED) is 0.458. The average Bonchev–Trinajstić information content (AvgIpc) is 2.82. The highest BCUT2D eigenvalue weighted by molar-refractivity contribution is 8.00. The number of anilines is 2. The number of carbonyl (C=O) groups excluding carboxylic acids is 2. The molecule has 3 aromatic carbocycles. The average molecular weight is 453 g/mol. The summed E-state index contributed by atoms with van der Waals surface area (Å²) in [6, 6.07) is 19.4. The summed E-state index contributed by atoms with van der Waals surface area (Å²) in [6.07, 6.45) is 0. The predicted molar refractivity (Wildman–Crippen MR) is 126 cm³/mol. The zero-order valence-electron chi connectivity index (χ0n) is 18.0. The molecule has 7 nitrogen and oxygen atoms in total. The molecule has 166 valence electrons. The second-order valence-corrected chi connectivity index (χ2v) is 7.70. The Bertz CT molecular complexity index is 1080. The Labute approximate surface area is 191 Å². The summed E-state index contributed by atoms with van der Waals surface area (Å²) in [4.78, 5) is 25.8. The molecule has 0 fully saturated rings. The third kappa shape index (κ3) is 6.42. The Morgan fingerprint density at radius 1 is 0.750 bits per heavy atom. The van der Waals surface area contributed by atoms with E-state index in [1.54, 1.807) is 69.9 Å². The first-order valence-corrected chi connectivity index (χ1v) is 10.7. The van der Waals surface area contributed by atoms with Crippen LogP contribution < -0.4 is 24.8 Å². The third-order valence-electron chi connectivity index (χ3n) is 4.43. The number of benzene rings is 3. The third-order valence-corrected chi connectivity index (χ3v) is 5.42. The lowest BCUT2D eigenvalue weighted by molar-refractivity contribution is -0.113. The number of amides is 2. The van der Waals surface area contributed by atoms with Gasteiger partial charge in [-0.15, -0.1) is 11.8 Å². The van der Waals surface area contributed by atoms with Crippen molar-refractivity contribution in [2.75, 3.05) is 37.7 Å². The molecule has 0 saturated carbocycles. The fourth-order valence-corrected chi connectivity index (χ4v) is 3.61. The second kappa shape index (κ2) is 11.1. The number of rotatable bonds is 9. The van der Waals surface area contributed by atoms with E-state index in [0.717, 1.165) is 4.90 Å². The lowest BCUT2D eigenvalue weighted by atomic mass is 10.2. The van der Waals surface area contributed by atoms with Crippen molar-refractivity contribution in [3.63, 3.8) is 0 Å². The number of hydrogen-bond donors (Lipinski definition) is 2. The fourth-order valence-electron chi connectivity index (χ4n) is 2.86. The van der Waals surface area contributed by atoms with Gasteiger partial charge < -0.3 is 24.8 Å². The van der Waals surface area contributed by atoms with E-state index in [4.69, 9.17) is 14.2 Å². The van der Waals surface area contributed by atoms with Crippen LogP contribution in [0.4, 0.5) is 11.4 Å². The van der Waals surface area contributed by atoms with E-state index in [-0.39, 0.29) is 17.6 Å². The molecule has 8 heteroatoms. The molecular formula is C24H24N2O5S. The number of hydrogen-bond acceptors (Lipinski definition) is 6. The van der Waals surface area contributed by atoms with Gasteiger partial charge >= 0.3 is 0 Å². The van der Waals surface area contributed by atoms with Crippen LogP contribution in [-0.4, -0.2) is 38.9 Å². The monoisotopic (exact) mass is 452 g/mol. The highest BCUT2D eigenvalue weighted by atomic mass is 32.2. The van der Waals surface area contributed by atoms with Crippen LogP contribution in [0, 0.1) is 0 Å². The fraction of sp³-hybridized carbons (Fsp3) is 0.167. The van der Waals surface area contributed by atoms with Gasteiger partial charge in [-0.25, -0.2) is 0 Å². The molecule has 32 heavy (non-hydrogen) atoms. The van der Waals surface area contributed by atoms with Crippen LogP contribution in [0.25, 0.3) is 0 Å². The van der Waals surface area contributed by atoms with Crippen molar-refractivity contribution in [1.29, 1.82) is 0 Å². The first-order valence-electron chi connectivity index (χ1n) is 9.72. The summed E-state index contributed by atoms with van der Waals surface area (Å²) in [5.74, 6) is 1.58. The van der Waals surface area contributed by atoms with Crippen LogP contribution in [0.5, 0.6) is 17.2 Å². The molecule has 3 aromatic rings. The first kappa shape index (κ1) is 23.0. The number of carbonyl (C=O) groups is 2. The number of methoxy groups -OCH3 is 3. The topological polar surface area (TPSA) is 85.9 Å². The van der Waals surface area contributed by atoms with E-state index in [1.807, 2.05) is 18.2 Å². The maximum Gasteiger partial charge on any atom is 0.255 e. The van der Waals surface area contributed by atoms with Gasteiger partial charge in [0, 0.05) is 40.0 Å². The second-order valence-electron chi connectivity index (χ2n) is 6.65. The van der Waals surface area contributed by atoms with Crippen LogP contribution in [0.2, 0.25) is 0 Å². The van der Waals surface area contributed by atoms with Gasteiger partial charge in [0.1, 0.15) is 17.2 Å². The molecular weight excluding hydrogens is 428 g/mol. The van der Waals surface area contributed by atoms with Crippen molar-refractivity contribution >= 4 is 35.0 Å². The SMILES string of the molecule is COc1cc(NC(=O)CSc2cccc(NC(=O)c3cccc(OC)c3)c2)cc(OC)c1.